The lowest BCUT2D eigenvalue weighted by molar-refractivity contribution is 0.0624. The summed E-state index contributed by atoms with van der Waals surface area (Å²) in [6, 6.07) is 12.5. The average Bonchev–Trinajstić information content (AvgIpc) is 2.78. The second-order valence-electron chi connectivity index (χ2n) is 7.08. The van der Waals surface area contributed by atoms with Gasteiger partial charge in [-0.3, -0.25) is 14.5 Å². The fraction of sp³-hybridized carbons (Fsp3) is 0.364. The smallest absolute Gasteiger partial charge is 0.254 e. The van der Waals surface area contributed by atoms with E-state index in [9.17, 15) is 9.59 Å². The van der Waals surface area contributed by atoms with Crippen LogP contribution in [0.15, 0.2) is 42.5 Å². The Bertz CT molecular complexity index is 906. The standard InChI is InChI=1S/C22H24N2O5/c1-27-18-4-2-3-17(13-18)22(26)24-9-7-23(8-10-24)15-19(25)16-5-6-20-21(14-16)29-12-11-28-20/h2-6,13-14H,7-12,15H2,1H3. The molecule has 7 nitrogen and oxygen atoms in total. The lowest BCUT2D eigenvalue weighted by Gasteiger charge is -2.34. The van der Waals surface area contributed by atoms with Crippen molar-refractivity contribution in [2.45, 2.75) is 0 Å². The first kappa shape index (κ1) is 19.3. The van der Waals surface area contributed by atoms with Crippen molar-refractivity contribution in [2.75, 3.05) is 53.0 Å². The Hall–Kier alpha value is -3.06. The molecule has 1 amide bonds. The number of ether oxygens (including phenoxy) is 3. The van der Waals surface area contributed by atoms with Crippen LogP contribution in [0.3, 0.4) is 0 Å². The molecule has 2 aromatic carbocycles. The van der Waals surface area contributed by atoms with Gasteiger partial charge in [-0.1, -0.05) is 6.07 Å². The van der Waals surface area contributed by atoms with Crippen LogP contribution in [0.5, 0.6) is 17.2 Å². The van der Waals surface area contributed by atoms with E-state index < -0.39 is 0 Å². The van der Waals surface area contributed by atoms with Crippen molar-refractivity contribution < 1.29 is 23.8 Å². The Morgan fingerprint density at radius 2 is 1.69 bits per heavy atom. The van der Waals surface area contributed by atoms with Gasteiger partial charge in [0.2, 0.25) is 0 Å². The van der Waals surface area contributed by atoms with E-state index in [4.69, 9.17) is 14.2 Å². The van der Waals surface area contributed by atoms with Crippen molar-refractivity contribution in [3.05, 3.63) is 53.6 Å². The third-order valence-corrected chi connectivity index (χ3v) is 5.21. The molecule has 1 fully saturated rings. The van der Waals surface area contributed by atoms with Crippen LogP contribution in [-0.4, -0.2) is 74.5 Å². The quantitative estimate of drug-likeness (QED) is 0.721. The van der Waals surface area contributed by atoms with Gasteiger partial charge < -0.3 is 19.1 Å². The van der Waals surface area contributed by atoms with Crippen molar-refractivity contribution in [3.63, 3.8) is 0 Å². The molecule has 2 aliphatic heterocycles. The molecule has 2 heterocycles. The van der Waals surface area contributed by atoms with Crippen LogP contribution in [0.2, 0.25) is 0 Å². The summed E-state index contributed by atoms with van der Waals surface area (Å²) in [6.45, 7) is 3.83. The monoisotopic (exact) mass is 396 g/mol. The number of amides is 1. The van der Waals surface area contributed by atoms with Crippen LogP contribution >= 0.6 is 0 Å². The molecule has 4 rings (SSSR count). The summed E-state index contributed by atoms with van der Waals surface area (Å²) in [5.74, 6) is 1.99. The van der Waals surface area contributed by atoms with Gasteiger partial charge in [0, 0.05) is 37.3 Å². The first-order valence-electron chi connectivity index (χ1n) is 9.72. The highest BCUT2D eigenvalue weighted by molar-refractivity contribution is 5.98. The van der Waals surface area contributed by atoms with Gasteiger partial charge >= 0.3 is 0 Å². The second-order valence-corrected chi connectivity index (χ2v) is 7.08. The molecule has 0 unspecified atom stereocenters. The number of benzene rings is 2. The van der Waals surface area contributed by atoms with Crippen LogP contribution in [0.4, 0.5) is 0 Å². The van der Waals surface area contributed by atoms with Crippen LogP contribution in [0.25, 0.3) is 0 Å². The SMILES string of the molecule is COc1cccc(C(=O)N2CCN(CC(=O)c3ccc4c(c3)OCCO4)CC2)c1. The van der Waals surface area contributed by atoms with Gasteiger partial charge in [-0.25, -0.2) is 0 Å². The van der Waals surface area contributed by atoms with E-state index in [0.29, 0.717) is 74.3 Å². The Balaban J connectivity index is 1.32. The highest BCUT2D eigenvalue weighted by Crippen LogP contribution is 2.31. The minimum absolute atomic E-state index is 0.0123. The zero-order valence-corrected chi connectivity index (χ0v) is 16.4. The number of rotatable bonds is 5. The molecule has 152 valence electrons. The molecule has 0 atom stereocenters. The van der Waals surface area contributed by atoms with E-state index in [1.165, 1.54) is 0 Å². The molecule has 0 radical (unpaired) electrons. The lowest BCUT2D eigenvalue weighted by atomic mass is 10.1. The molecule has 2 aliphatic rings. The van der Waals surface area contributed by atoms with E-state index in [2.05, 4.69) is 4.90 Å². The van der Waals surface area contributed by atoms with E-state index in [1.54, 1.807) is 37.4 Å². The molecule has 1 saturated heterocycles. The molecule has 0 spiro atoms. The zero-order valence-electron chi connectivity index (χ0n) is 16.4. The largest absolute Gasteiger partial charge is 0.497 e. The molecule has 2 aromatic rings. The average molecular weight is 396 g/mol. The highest BCUT2D eigenvalue weighted by Gasteiger charge is 2.24. The number of Topliss-reactive ketones (excluding diaryl/α,β-unsaturated/α-hetero) is 1. The van der Waals surface area contributed by atoms with Crippen LogP contribution < -0.4 is 14.2 Å². The van der Waals surface area contributed by atoms with E-state index in [-0.39, 0.29) is 11.7 Å². The number of carbonyl (C=O) groups excluding carboxylic acids is 2. The van der Waals surface area contributed by atoms with Gasteiger partial charge in [-0.2, -0.15) is 0 Å². The van der Waals surface area contributed by atoms with Gasteiger partial charge in [0.15, 0.2) is 17.3 Å². The van der Waals surface area contributed by atoms with Crippen molar-refractivity contribution in [1.29, 1.82) is 0 Å². The molecular weight excluding hydrogens is 372 g/mol. The predicted octanol–water partition coefficient (Wildman–Crippen LogP) is 2.11. The number of carbonyl (C=O) groups is 2. The number of methoxy groups -OCH3 is 1. The summed E-state index contributed by atoms with van der Waals surface area (Å²) in [7, 11) is 1.58. The van der Waals surface area contributed by atoms with Gasteiger partial charge in [-0.05, 0) is 36.4 Å². The number of fused-ring (bicyclic) bond motifs is 1. The fourth-order valence-electron chi connectivity index (χ4n) is 3.56. The summed E-state index contributed by atoms with van der Waals surface area (Å²) >= 11 is 0. The molecule has 29 heavy (non-hydrogen) atoms. The Morgan fingerprint density at radius 3 is 2.45 bits per heavy atom. The second kappa shape index (κ2) is 8.53. The van der Waals surface area contributed by atoms with Gasteiger partial charge in [-0.15, -0.1) is 0 Å². The number of nitrogens with zero attached hydrogens (tertiary/aromatic N) is 2. The minimum Gasteiger partial charge on any atom is -0.497 e. The van der Waals surface area contributed by atoms with Crippen molar-refractivity contribution in [3.8, 4) is 17.2 Å². The number of hydrogen-bond donors (Lipinski definition) is 0. The summed E-state index contributed by atoms with van der Waals surface area (Å²) in [5.41, 5.74) is 1.23. The van der Waals surface area contributed by atoms with Crippen molar-refractivity contribution >= 4 is 11.7 Å². The normalized spacial score (nSPS) is 16.4. The van der Waals surface area contributed by atoms with E-state index >= 15 is 0 Å². The molecule has 0 aliphatic carbocycles. The summed E-state index contributed by atoms with van der Waals surface area (Å²) in [5, 5.41) is 0. The zero-order chi connectivity index (χ0) is 20.2. The Morgan fingerprint density at radius 1 is 0.931 bits per heavy atom. The minimum atomic E-state index is -0.0123. The summed E-state index contributed by atoms with van der Waals surface area (Å²) in [6.07, 6.45) is 0. The molecule has 0 N–H and O–H groups in total. The van der Waals surface area contributed by atoms with Crippen molar-refractivity contribution in [2.24, 2.45) is 0 Å². The van der Waals surface area contributed by atoms with E-state index in [1.807, 2.05) is 17.0 Å². The molecule has 0 bridgehead atoms. The fourth-order valence-corrected chi connectivity index (χ4v) is 3.56. The Kier molecular flexibility index (Phi) is 5.67. The Labute approximate surface area is 169 Å². The van der Waals surface area contributed by atoms with E-state index in [0.717, 1.165) is 0 Å². The maximum absolute atomic E-state index is 12.7. The summed E-state index contributed by atoms with van der Waals surface area (Å²) in [4.78, 5) is 29.3. The van der Waals surface area contributed by atoms with Crippen molar-refractivity contribution in [1.82, 2.24) is 9.80 Å². The molecule has 7 heteroatoms. The lowest BCUT2D eigenvalue weighted by Crippen LogP contribution is -2.49. The first-order chi connectivity index (χ1) is 14.1. The molecular formula is C22H24N2O5. The maximum Gasteiger partial charge on any atom is 0.254 e. The van der Waals surface area contributed by atoms with Gasteiger partial charge in [0.05, 0.1) is 13.7 Å². The number of hydrogen-bond acceptors (Lipinski definition) is 6. The maximum atomic E-state index is 12.7. The molecule has 0 aromatic heterocycles. The summed E-state index contributed by atoms with van der Waals surface area (Å²) < 4.78 is 16.3. The first-order valence-corrected chi connectivity index (χ1v) is 9.72. The third-order valence-electron chi connectivity index (χ3n) is 5.21. The van der Waals surface area contributed by atoms with Crippen LogP contribution in [-0.2, 0) is 0 Å². The van der Waals surface area contributed by atoms with Crippen LogP contribution in [0, 0.1) is 0 Å². The highest BCUT2D eigenvalue weighted by atomic mass is 16.6. The number of ketones is 1. The third kappa shape index (κ3) is 4.35. The topological polar surface area (TPSA) is 68.3 Å². The number of piperazine rings is 1. The predicted molar refractivity (Wildman–Crippen MR) is 107 cm³/mol. The molecule has 0 saturated carbocycles. The van der Waals surface area contributed by atoms with Crippen LogP contribution in [0.1, 0.15) is 20.7 Å². The van der Waals surface area contributed by atoms with Gasteiger partial charge in [0.1, 0.15) is 19.0 Å². The van der Waals surface area contributed by atoms with Gasteiger partial charge in [0.25, 0.3) is 5.91 Å².